The van der Waals surface area contributed by atoms with Crippen LogP contribution in [-0.2, 0) is 14.8 Å². The Morgan fingerprint density at radius 1 is 1.08 bits per heavy atom. The Morgan fingerprint density at radius 2 is 1.76 bits per heavy atom. The Hall–Kier alpha value is -1.70. The Labute approximate surface area is 156 Å². The second-order valence-electron chi connectivity index (χ2n) is 5.99. The van der Waals surface area contributed by atoms with Gasteiger partial charge in [-0.2, -0.15) is 4.31 Å². The smallest absolute Gasteiger partial charge is 0.244 e. The van der Waals surface area contributed by atoms with Gasteiger partial charge in [0, 0.05) is 23.2 Å². The van der Waals surface area contributed by atoms with E-state index in [9.17, 15) is 13.2 Å². The number of anilines is 1. The maximum absolute atomic E-state index is 12.9. The molecule has 0 aromatic heterocycles. The van der Waals surface area contributed by atoms with Crippen molar-refractivity contribution in [3.63, 3.8) is 0 Å². The van der Waals surface area contributed by atoms with Crippen molar-refractivity contribution >= 4 is 37.5 Å². The molecular weight excluding hydrogens is 404 g/mol. The number of halogens is 1. The number of nitrogens with zero attached hydrogens (tertiary/aromatic N) is 1. The molecule has 3 rings (SSSR count). The first-order valence-corrected chi connectivity index (χ1v) is 10.3. The molecule has 1 heterocycles. The molecule has 1 saturated heterocycles. The molecule has 1 aliphatic heterocycles. The van der Waals surface area contributed by atoms with E-state index in [1.807, 2.05) is 30.3 Å². The van der Waals surface area contributed by atoms with Gasteiger partial charge in [0.25, 0.3) is 0 Å². The fourth-order valence-corrected chi connectivity index (χ4v) is 5.42. The highest BCUT2D eigenvalue weighted by Gasteiger charge is 2.34. The van der Waals surface area contributed by atoms with Crippen LogP contribution in [0, 0.1) is 5.92 Å². The first-order chi connectivity index (χ1) is 12.0. The third kappa shape index (κ3) is 4.11. The van der Waals surface area contributed by atoms with Crippen LogP contribution in [0.15, 0.2) is 64.0 Å². The van der Waals surface area contributed by atoms with E-state index in [2.05, 4.69) is 21.2 Å². The van der Waals surface area contributed by atoms with Crippen LogP contribution >= 0.6 is 15.9 Å². The number of hydrogen-bond acceptors (Lipinski definition) is 3. The Bertz CT molecular complexity index is 856. The van der Waals surface area contributed by atoms with Gasteiger partial charge in [-0.1, -0.05) is 30.3 Å². The highest BCUT2D eigenvalue weighted by atomic mass is 79.9. The number of hydrogen-bond donors (Lipinski definition) is 1. The standard InChI is InChI=1S/C18H19BrN2O3S/c19-16-10-4-5-11-17(16)25(23,24)21-12-6-7-14(13-21)18(22)20-15-8-2-1-3-9-15/h1-5,8-11,14H,6-7,12-13H2,(H,20,22). The number of piperidine rings is 1. The summed E-state index contributed by atoms with van der Waals surface area (Å²) in [5.74, 6) is -0.496. The highest BCUT2D eigenvalue weighted by Crippen LogP contribution is 2.28. The summed E-state index contributed by atoms with van der Waals surface area (Å²) < 4.78 is 27.7. The number of rotatable bonds is 4. The van der Waals surface area contributed by atoms with Crippen molar-refractivity contribution in [3.05, 3.63) is 59.1 Å². The first-order valence-electron chi connectivity index (χ1n) is 8.09. The molecule has 0 saturated carbocycles. The van der Waals surface area contributed by atoms with Crippen molar-refractivity contribution in [1.29, 1.82) is 0 Å². The molecule has 132 valence electrons. The number of nitrogens with one attached hydrogen (secondary N) is 1. The maximum Gasteiger partial charge on any atom is 0.244 e. The van der Waals surface area contributed by atoms with Gasteiger partial charge >= 0.3 is 0 Å². The van der Waals surface area contributed by atoms with Gasteiger partial charge in [0.15, 0.2) is 0 Å². The minimum absolute atomic E-state index is 0.141. The number of benzene rings is 2. The quantitative estimate of drug-likeness (QED) is 0.819. The van der Waals surface area contributed by atoms with Gasteiger partial charge in [-0.05, 0) is 53.0 Å². The number of sulfonamides is 1. The third-order valence-electron chi connectivity index (χ3n) is 4.25. The van der Waals surface area contributed by atoms with Crippen LogP contribution in [-0.4, -0.2) is 31.7 Å². The van der Waals surface area contributed by atoms with Gasteiger partial charge in [0.05, 0.1) is 10.8 Å². The average molecular weight is 423 g/mol. The summed E-state index contributed by atoms with van der Waals surface area (Å²) in [6, 6.07) is 16.0. The van der Waals surface area contributed by atoms with E-state index in [-0.39, 0.29) is 23.3 Å². The van der Waals surface area contributed by atoms with Gasteiger partial charge in [-0.3, -0.25) is 4.79 Å². The molecule has 1 aliphatic rings. The molecule has 0 aliphatic carbocycles. The SMILES string of the molecule is O=C(Nc1ccccc1)C1CCCN(S(=O)(=O)c2ccccc2Br)C1. The van der Waals surface area contributed by atoms with Crippen molar-refractivity contribution < 1.29 is 13.2 Å². The summed E-state index contributed by atoms with van der Waals surface area (Å²) in [6.07, 6.45) is 1.34. The summed E-state index contributed by atoms with van der Waals surface area (Å²) in [5.41, 5.74) is 0.721. The summed E-state index contributed by atoms with van der Waals surface area (Å²) >= 11 is 3.30. The van der Waals surface area contributed by atoms with Crippen molar-refractivity contribution in [2.24, 2.45) is 5.92 Å². The third-order valence-corrected chi connectivity index (χ3v) is 7.13. The van der Waals surface area contributed by atoms with Crippen LogP contribution in [0.25, 0.3) is 0 Å². The van der Waals surface area contributed by atoms with Gasteiger partial charge in [-0.15, -0.1) is 0 Å². The van der Waals surface area contributed by atoms with Gasteiger partial charge in [-0.25, -0.2) is 8.42 Å². The van der Waals surface area contributed by atoms with Crippen LogP contribution < -0.4 is 5.32 Å². The monoisotopic (exact) mass is 422 g/mol. The molecule has 5 nitrogen and oxygen atoms in total. The minimum atomic E-state index is -3.63. The first kappa shape index (κ1) is 18.1. The normalized spacial score (nSPS) is 18.7. The zero-order valence-electron chi connectivity index (χ0n) is 13.6. The molecule has 25 heavy (non-hydrogen) atoms. The van der Waals surface area contributed by atoms with Crippen LogP contribution in [0.4, 0.5) is 5.69 Å². The number of para-hydroxylation sites is 1. The maximum atomic E-state index is 12.9. The second kappa shape index (κ2) is 7.68. The molecule has 7 heteroatoms. The van der Waals surface area contributed by atoms with Crippen LogP contribution in [0.2, 0.25) is 0 Å². The predicted octanol–water partition coefficient (Wildman–Crippen LogP) is 3.49. The van der Waals surface area contributed by atoms with Crippen LogP contribution in [0.3, 0.4) is 0 Å². The van der Waals surface area contributed by atoms with Crippen LogP contribution in [0.5, 0.6) is 0 Å². The van der Waals surface area contributed by atoms with Crippen molar-refractivity contribution in [2.75, 3.05) is 18.4 Å². The van der Waals surface area contributed by atoms with Crippen molar-refractivity contribution in [2.45, 2.75) is 17.7 Å². The minimum Gasteiger partial charge on any atom is -0.326 e. The van der Waals surface area contributed by atoms with E-state index < -0.39 is 10.0 Å². The summed E-state index contributed by atoms with van der Waals surface area (Å²) in [6.45, 7) is 0.626. The fourth-order valence-electron chi connectivity index (χ4n) is 2.93. The second-order valence-corrected chi connectivity index (χ2v) is 8.75. The summed E-state index contributed by atoms with van der Waals surface area (Å²) in [7, 11) is -3.63. The van der Waals surface area contributed by atoms with Crippen molar-refractivity contribution in [3.8, 4) is 0 Å². The molecule has 0 bridgehead atoms. The number of carbonyl (C=O) groups is 1. The largest absolute Gasteiger partial charge is 0.326 e. The summed E-state index contributed by atoms with van der Waals surface area (Å²) in [4.78, 5) is 12.7. The lowest BCUT2D eigenvalue weighted by Gasteiger charge is -2.31. The molecule has 1 N–H and O–H groups in total. The molecule has 1 fully saturated rings. The predicted molar refractivity (Wildman–Crippen MR) is 101 cm³/mol. The fraction of sp³-hybridized carbons (Fsp3) is 0.278. The number of amides is 1. The Kier molecular flexibility index (Phi) is 5.56. The topological polar surface area (TPSA) is 66.5 Å². The Balaban J connectivity index is 1.75. The molecule has 1 unspecified atom stereocenters. The molecule has 0 radical (unpaired) electrons. The lowest BCUT2D eigenvalue weighted by molar-refractivity contribution is -0.120. The van der Waals surface area contributed by atoms with E-state index in [0.717, 1.165) is 5.69 Å². The van der Waals surface area contributed by atoms with Gasteiger partial charge in [0.1, 0.15) is 0 Å². The Morgan fingerprint density at radius 3 is 2.48 bits per heavy atom. The van der Waals surface area contributed by atoms with E-state index >= 15 is 0 Å². The highest BCUT2D eigenvalue weighted by molar-refractivity contribution is 9.10. The molecule has 1 amide bonds. The van der Waals surface area contributed by atoms with Gasteiger partial charge in [0.2, 0.25) is 15.9 Å². The van der Waals surface area contributed by atoms with Crippen LogP contribution in [0.1, 0.15) is 12.8 Å². The van der Waals surface area contributed by atoms with E-state index in [0.29, 0.717) is 23.9 Å². The molecule has 2 aromatic rings. The van der Waals surface area contributed by atoms with Gasteiger partial charge < -0.3 is 5.32 Å². The molecule has 0 spiro atoms. The van der Waals surface area contributed by atoms with E-state index in [1.165, 1.54) is 4.31 Å². The lowest BCUT2D eigenvalue weighted by atomic mass is 9.99. The zero-order valence-corrected chi connectivity index (χ0v) is 16.0. The summed E-state index contributed by atoms with van der Waals surface area (Å²) in [5, 5.41) is 2.87. The molecule has 1 atom stereocenters. The average Bonchev–Trinajstić information content (AvgIpc) is 2.63. The van der Waals surface area contributed by atoms with E-state index in [1.54, 1.807) is 24.3 Å². The van der Waals surface area contributed by atoms with E-state index in [4.69, 9.17) is 0 Å². The number of carbonyl (C=O) groups excluding carboxylic acids is 1. The zero-order chi connectivity index (χ0) is 17.9. The van der Waals surface area contributed by atoms with Crippen molar-refractivity contribution in [1.82, 2.24) is 4.31 Å². The lowest BCUT2D eigenvalue weighted by Crippen LogP contribution is -2.43. The molecular formula is C18H19BrN2O3S. The molecule has 2 aromatic carbocycles.